The molecule has 0 saturated heterocycles. The summed E-state index contributed by atoms with van der Waals surface area (Å²) in [6, 6.07) is 11.0. The van der Waals surface area contributed by atoms with Crippen LogP contribution in [0, 0.1) is 18.3 Å². The van der Waals surface area contributed by atoms with Gasteiger partial charge < -0.3 is 5.73 Å². The Kier molecular flexibility index (Phi) is 3.28. The molecule has 2 N–H and O–H groups in total. The molecular formula is C17H12N4O. The van der Waals surface area contributed by atoms with Crippen molar-refractivity contribution in [2.24, 2.45) is 5.73 Å². The number of aryl methyl sites for hydroxylation is 1. The predicted molar refractivity (Wildman–Crippen MR) is 82.9 cm³/mol. The molecule has 0 aliphatic heterocycles. The summed E-state index contributed by atoms with van der Waals surface area (Å²) in [5.41, 5.74) is 9.00. The third-order valence-corrected chi connectivity index (χ3v) is 3.52. The summed E-state index contributed by atoms with van der Waals surface area (Å²) < 4.78 is 0. The van der Waals surface area contributed by atoms with Crippen molar-refractivity contribution in [1.29, 1.82) is 5.26 Å². The van der Waals surface area contributed by atoms with E-state index in [1.165, 1.54) is 0 Å². The highest BCUT2D eigenvalue weighted by molar-refractivity contribution is 6.01. The van der Waals surface area contributed by atoms with Crippen LogP contribution in [0.4, 0.5) is 0 Å². The van der Waals surface area contributed by atoms with Crippen molar-refractivity contribution in [3.05, 3.63) is 59.5 Å². The molecule has 0 spiro atoms. The second-order valence-corrected chi connectivity index (χ2v) is 4.89. The smallest absolute Gasteiger partial charge is 0.249 e. The molecule has 0 aliphatic carbocycles. The molecule has 5 heteroatoms. The minimum atomic E-state index is -0.523. The fourth-order valence-corrected chi connectivity index (χ4v) is 2.56. The first-order valence-electron chi connectivity index (χ1n) is 6.66. The number of nitriles is 1. The standard InChI is InChI=1S/C17H12N4O/c1-10-15(14(17(19)22)4-6-20-10)12-7-11-3-2-5-21-16(11)13(8-12)9-18/h2-8H,1H3,(H2,19,22). The average molecular weight is 288 g/mol. The zero-order valence-electron chi connectivity index (χ0n) is 11.9. The molecule has 2 heterocycles. The molecule has 5 nitrogen and oxygen atoms in total. The molecule has 0 saturated carbocycles. The van der Waals surface area contributed by atoms with E-state index in [0.29, 0.717) is 27.9 Å². The first-order chi connectivity index (χ1) is 10.6. The van der Waals surface area contributed by atoms with Gasteiger partial charge in [0.1, 0.15) is 6.07 Å². The number of aromatic nitrogens is 2. The molecule has 106 valence electrons. The Bertz CT molecular complexity index is 941. The number of carbonyl (C=O) groups excluding carboxylic acids is 1. The molecule has 2 aromatic heterocycles. The van der Waals surface area contributed by atoms with E-state index in [9.17, 15) is 10.1 Å². The monoisotopic (exact) mass is 288 g/mol. The van der Waals surface area contributed by atoms with Crippen LogP contribution in [0.25, 0.3) is 22.0 Å². The SMILES string of the molecule is Cc1nccc(C(N)=O)c1-c1cc(C#N)c2ncccc2c1. The number of primary amides is 1. The predicted octanol–water partition coefficient (Wildman–Crippen LogP) is 2.58. The van der Waals surface area contributed by atoms with Gasteiger partial charge in [-0.05, 0) is 36.8 Å². The fourth-order valence-electron chi connectivity index (χ4n) is 2.56. The highest BCUT2D eigenvalue weighted by atomic mass is 16.1. The minimum absolute atomic E-state index is 0.389. The number of nitrogens with zero attached hydrogens (tertiary/aromatic N) is 3. The third kappa shape index (κ3) is 2.17. The maximum Gasteiger partial charge on any atom is 0.249 e. The van der Waals surface area contributed by atoms with Crippen molar-refractivity contribution in [2.45, 2.75) is 6.92 Å². The topological polar surface area (TPSA) is 92.7 Å². The third-order valence-electron chi connectivity index (χ3n) is 3.52. The summed E-state index contributed by atoms with van der Waals surface area (Å²) in [7, 11) is 0. The van der Waals surface area contributed by atoms with Crippen LogP contribution in [0.15, 0.2) is 42.7 Å². The van der Waals surface area contributed by atoms with Crippen LogP contribution >= 0.6 is 0 Å². The van der Waals surface area contributed by atoms with Gasteiger partial charge in [0, 0.05) is 29.0 Å². The van der Waals surface area contributed by atoms with Crippen molar-refractivity contribution in [3.63, 3.8) is 0 Å². The molecule has 1 aromatic carbocycles. The van der Waals surface area contributed by atoms with Gasteiger partial charge in [0.15, 0.2) is 0 Å². The summed E-state index contributed by atoms with van der Waals surface area (Å²) in [5, 5.41) is 10.2. The number of hydrogen-bond acceptors (Lipinski definition) is 4. The summed E-state index contributed by atoms with van der Waals surface area (Å²) in [5.74, 6) is -0.523. The molecule has 0 atom stereocenters. The lowest BCUT2D eigenvalue weighted by atomic mass is 9.95. The van der Waals surface area contributed by atoms with Gasteiger partial charge in [0.25, 0.3) is 0 Å². The Labute approximate surface area is 127 Å². The van der Waals surface area contributed by atoms with Crippen molar-refractivity contribution in [2.75, 3.05) is 0 Å². The number of pyridine rings is 2. The molecule has 3 rings (SSSR count). The van der Waals surface area contributed by atoms with Crippen molar-refractivity contribution < 1.29 is 4.79 Å². The first kappa shape index (κ1) is 13.7. The fraction of sp³-hybridized carbons (Fsp3) is 0.0588. The van der Waals surface area contributed by atoms with E-state index in [1.807, 2.05) is 12.1 Å². The largest absolute Gasteiger partial charge is 0.366 e. The van der Waals surface area contributed by atoms with E-state index in [2.05, 4.69) is 16.0 Å². The maximum atomic E-state index is 11.7. The Hall–Kier alpha value is -3.26. The number of benzene rings is 1. The van der Waals surface area contributed by atoms with Gasteiger partial charge in [-0.2, -0.15) is 5.26 Å². The highest BCUT2D eigenvalue weighted by Crippen LogP contribution is 2.30. The summed E-state index contributed by atoms with van der Waals surface area (Å²) in [4.78, 5) is 20.1. The molecule has 1 amide bonds. The van der Waals surface area contributed by atoms with Crippen molar-refractivity contribution in [3.8, 4) is 17.2 Å². The second kappa shape index (κ2) is 5.26. The average Bonchev–Trinajstić information content (AvgIpc) is 2.53. The molecule has 22 heavy (non-hydrogen) atoms. The highest BCUT2D eigenvalue weighted by Gasteiger charge is 2.15. The van der Waals surface area contributed by atoms with Gasteiger partial charge in [-0.1, -0.05) is 6.07 Å². The molecule has 0 aliphatic rings. The Morgan fingerprint density at radius 1 is 1.23 bits per heavy atom. The lowest BCUT2D eigenvalue weighted by Gasteiger charge is -2.11. The van der Waals surface area contributed by atoms with Crippen LogP contribution in [-0.2, 0) is 0 Å². The van der Waals surface area contributed by atoms with E-state index >= 15 is 0 Å². The Morgan fingerprint density at radius 2 is 2.05 bits per heavy atom. The molecular weight excluding hydrogens is 276 g/mol. The Morgan fingerprint density at radius 3 is 2.77 bits per heavy atom. The number of carbonyl (C=O) groups is 1. The van der Waals surface area contributed by atoms with Crippen LogP contribution < -0.4 is 5.73 Å². The summed E-state index contributed by atoms with van der Waals surface area (Å²) >= 11 is 0. The number of hydrogen-bond donors (Lipinski definition) is 1. The van der Waals surface area contributed by atoms with Crippen LogP contribution in [-0.4, -0.2) is 15.9 Å². The van der Waals surface area contributed by atoms with Crippen LogP contribution in [0.1, 0.15) is 21.6 Å². The van der Waals surface area contributed by atoms with E-state index in [0.717, 1.165) is 10.9 Å². The minimum Gasteiger partial charge on any atom is -0.366 e. The maximum absolute atomic E-state index is 11.7. The van der Waals surface area contributed by atoms with Crippen LogP contribution in [0.3, 0.4) is 0 Å². The van der Waals surface area contributed by atoms with Gasteiger partial charge >= 0.3 is 0 Å². The van der Waals surface area contributed by atoms with Crippen LogP contribution in [0.2, 0.25) is 0 Å². The zero-order chi connectivity index (χ0) is 15.7. The number of amides is 1. The molecule has 0 radical (unpaired) electrons. The molecule has 0 fully saturated rings. The van der Waals surface area contributed by atoms with Gasteiger partial charge in [-0.25, -0.2) is 0 Å². The van der Waals surface area contributed by atoms with Crippen LogP contribution in [0.5, 0.6) is 0 Å². The zero-order valence-corrected chi connectivity index (χ0v) is 11.9. The Balaban J connectivity index is 2.37. The van der Waals surface area contributed by atoms with E-state index in [4.69, 9.17) is 5.73 Å². The van der Waals surface area contributed by atoms with E-state index in [1.54, 1.807) is 37.5 Å². The summed E-state index contributed by atoms with van der Waals surface area (Å²) in [6.07, 6.45) is 3.19. The lowest BCUT2D eigenvalue weighted by molar-refractivity contribution is 0.100. The van der Waals surface area contributed by atoms with Gasteiger partial charge in [-0.15, -0.1) is 0 Å². The van der Waals surface area contributed by atoms with Crippen molar-refractivity contribution in [1.82, 2.24) is 9.97 Å². The molecule has 0 unspecified atom stereocenters. The lowest BCUT2D eigenvalue weighted by Crippen LogP contribution is -2.13. The number of nitrogens with two attached hydrogens (primary N) is 1. The second-order valence-electron chi connectivity index (χ2n) is 4.89. The quantitative estimate of drug-likeness (QED) is 0.784. The number of rotatable bonds is 2. The first-order valence-corrected chi connectivity index (χ1v) is 6.66. The normalized spacial score (nSPS) is 10.4. The van der Waals surface area contributed by atoms with Crippen molar-refractivity contribution >= 4 is 16.8 Å². The summed E-state index contributed by atoms with van der Waals surface area (Å²) in [6.45, 7) is 1.81. The van der Waals surface area contributed by atoms with Gasteiger partial charge in [0.2, 0.25) is 5.91 Å². The van der Waals surface area contributed by atoms with Gasteiger partial charge in [0.05, 0.1) is 16.6 Å². The van der Waals surface area contributed by atoms with E-state index in [-0.39, 0.29) is 0 Å². The molecule has 0 bridgehead atoms. The molecule has 3 aromatic rings. The van der Waals surface area contributed by atoms with E-state index < -0.39 is 5.91 Å². The van der Waals surface area contributed by atoms with Gasteiger partial charge in [-0.3, -0.25) is 14.8 Å². The number of fused-ring (bicyclic) bond motifs is 1.